The predicted molar refractivity (Wildman–Crippen MR) is 75.3 cm³/mol. The molecule has 0 fully saturated rings. The molecule has 2 aromatic rings. The Morgan fingerprint density at radius 1 is 1.24 bits per heavy atom. The summed E-state index contributed by atoms with van der Waals surface area (Å²) in [5.74, 6) is 0. The van der Waals surface area contributed by atoms with E-state index in [-0.39, 0.29) is 0 Å². The molecule has 0 amide bonds. The lowest BCUT2D eigenvalue weighted by molar-refractivity contribution is 0.890. The monoisotopic (exact) mass is 268 g/mol. The van der Waals surface area contributed by atoms with Gasteiger partial charge in [0.25, 0.3) is 0 Å². The molecule has 0 radical (unpaired) electrons. The van der Waals surface area contributed by atoms with E-state index >= 15 is 0 Å². The predicted octanol–water partition coefficient (Wildman–Crippen LogP) is 4.54. The second-order valence-corrected chi connectivity index (χ2v) is 4.73. The van der Waals surface area contributed by atoms with Crippen molar-refractivity contribution in [1.29, 1.82) is 0 Å². The first-order chi connectivity index (χ1) is 8.17. The van der Waals surface area contributed by atoms with Crippen molar-refractivity contribution in [2.24, 2.45) is 0 Å². The lowest BCUT2D eigenvalue weighted by atomic mass is 10.1. The summed E-state index contributed by atoms with van der Waals surface area (Å²) in [7, 11) is 1.88. The number of rotatable bonds is 3. The third kappa shape index (κ3) is 2.33. The molecule has 17 heavy (non-hydrogen) atoms. The van der Waals surface area contributed by atoms with Crippen LogP contribution in [0, 0.1) is 0 Å². The Kier molecular flexibility index (Phi) is 3.75. The lowest BCUT2D eigenvalue weighted by Crippen LogP contribution is -1.97. The smallest absolute Gasteiger partial charge is 0.0927 e. The van der Waals surface area contributed by atoms with Crippen molar-refractivity contribution >= 4 is 39.8 Å². The number of anilines is 1. The molecule has 2 nitrogen and oxygen atoms in total. The summed E-state index contributed by atoms with van der Waals surface area (Å²) in [5.41, 5.74) is 2.79. The highest BCUT2D eigenvalue weighted by Gasteiger charge is 2.11. The zero-order valence-electron chi connectivity index (χ0n) is 9.85. The van der Waals surface area contributed by atoms with Gasteiger partial charge >= 0.3 is 0 Å². The summed E-state index contributed by atoms with van der Waals surface area (Å²) in [6.45, 7) is 2.13. The van der Waals surface area contributed by atoms with E-state index in [0.29, 0.717) is 10.0 Å². The summed E-state index contributed by atoms with van der Waals surface area (Å²) < 4.78 is 0. The number of nitrogens with zero attached hydrogens (tertiary/aromatic N) is 1. The van der Waals surface area contributed by atoms with Crippen LogP contribution in [0.15, 0.2) is 18.2 Å². The van der Waals surface area contributed by atoms with Gasteiger partial charge in [0.15, 0.2) is 0 Å². The van der Waals surface area contributed by atoms with E-state index in [9.17, 15) is 0 Å². The zero-order valence-corrected chi connectivity index (χ0v) is 11.4. The van der Waals surface area contributed by atoms with Crippen LogP contribution >= 0.6 is 23.2 Å². The molecule has 0 aliphatic heterocycles. The first-order valence-corrected chi connectivity index (χ1v) is 6.38. The molecule has 1 N–H and O–H groups in total. The molecule has 2 rings (SSSR count). The fourth-order valence-corrected chi connectivity index (χ4v) is 2.36. The van der Waals surface area contributed by atoms with Crippen molar-refractivity contribution in [3.63, 3.8) is 0 Å². The first-order valence-electron chi connectivity index (χ1n) is 5.62. The summed E-state index contributed by atoms with van der Waals surface area (Å²) in [5, 5.41) is 5.35. The zero-order chi connectivity index (χ0) is 12.4. The molecule has 1 aromatic carbocycles. The van der Waals surface area contributed by atoms with Crippen LogP contribution in [0.25, 0.3) is 10.9 Å². The van der Waals surface area contributed by atoms with Gasteiger partial charge in [-0.2, -0.15) is 0 Å². The topological polar surface area (TPSA) is 24.9 Å². The molecule has 0 saturated carbocycles. The standard InChI is InChI=1S/C13H14Cl2N2/c1-3-4-8-7-11(16-2)12-9(14)5-6-10(15)13(12)17-8/h5-7H,3-4H2,1-2H3,(H,16,17). The highest BCUT2D eigenvalue weighted by Crippen LogP contribution is 2.34. The largest absolute Gasteiger partial charge is 0.387 e. The SMILES string of the molecule is CCCc1cc(NC)c2c(Cl)ccc(Cl)c2n1. The highest BCUT2D eigenvalue weighted by molar-refractivity contribution is 6.40. The molecule has 0 unspecified atom stereocenters. The molecule has 0 aliphatic carbocycles. The van der Waals surface area contributed by atoms with E-state index in [2.05, 4.69) is 17.2 Å². The molecular weight excluding hydrogens is 255 g/mol. The maximum absolute atomic E-state index is 6.20. The average molecular weight is 269 g/mol. The highest BCUT2D eigenvalue weighted by atomic mass is 35.5. The number of halogens is 2. The van der Waals surface area contributed by atoms with Gasteiger partial charge in [-0.1, -0.05) is 36.5 Å². The van der Waals surface area contributed by atoms with Crippen molar-refractivity contribution in [2.45, 2.75) is 19.8 Å². The van der Waals surface area contributed by atoms with E-state index in [1.54, 1.807) is 12.1 Å². The number of nitrogens with one attached hydrogen (secondary N) is 1. The number of hydrogen-bond donors (Lipinski definition) is 1. The molecule has 1 heterocycles. The second kappa shape index (κ2) is 5.11. The minimum absolute atomic E-state index is 0.638. The van der Waals surface area contributed by atoms with Crippen LogP contribution in [-0.4, -0.2) is 12.0 Å². The Bertz CT molecular complexity index is 553. The summed E-state index contributed by atoms with van der Waals surface area (Å²) in [6, 6.07) is 5.62. The molecule has 0 atom stereocenters. The molecule has 0 aliphatic rings. The van der Waals surface area contributed by atoms with Gasteiger partial charge in [0.1, 0.15) is 0 Å². The van der Waals surface area contributed by atoms with E-state index in [1.165, 1.54) is 0 Å². The Hall–Kier alpha value is -0.990. The Labute approximate surface area is 111 Å². The Morgan fingerprint density at radius 3 is 2.59 bits per heavy atom. The number of aromatic nitrogens is 1. The fourth-order valence-electron chi connectivity index (χ4n) is 1.90. The van der Waals surface area contributed by atoms with E-state index in [4.69, 9.17) is 23.2 Å². The molecule has 90 valence electrons. The van der Waals surface area contributed by atoms with Crippen LogP contribution in [0.4, 0.5) is 5.69 Å². The lowest BCUT2D eigenvalue weighted by Gasteiger charge is -2.11. The van der Waals surface area contributed by atoms with Crippen LogP contribution in [0.3, 0.4) is 0 Å². The maximum atomic E-state index is 6.20. The summed E-state index contributed by atoms with van der Waals surface area (Å²) in [4.78, 5) is 4.58. The summed E-state index contributed by atoms with van der Waals surface area (Å²) in [6.07, 6.45) is 1.99. The minimum Gasteiger partial charge on any atom is -0.387 e. The van der Waals surface area contributed by atoms with Gasteiger partial charge in [-0.05, 0) is 24.6 Å². The van der Waals surface area contributed by atoms with Crippen molar-refractivity contribution in [2.75, 3.05) is 12.4 Å². The minimum atomic E-state index is 0.638. The fraction of sp³-hybridized carbons (Fsp3) is 0.308. The van der Waals surface area contributed by atoms with Crippen molar-refractivity contribution < 1.29 is 0 Å². The molecule has 4 heteroatoms. The van der Waals surface area contributed by atoms with Crippen LogP contribution in [-0.2, 0) is 6.42 Å². The van der Waals surface area contributed by atoms with Gasteiger partial charge in [-0.3, -0.25) is 4.98 Å². The van der Waals surface area contributed by atoms with Crippen molar-refractivity contribution in [1.82, 2.24) is 4.98 Å². The molecule has 1 aromatic heterocycles. The number of aryl methyl sites for hydroxylation is 1. The number of pyridine rings is 1. The summed E-state index contributed by atoms with van der Waals surface area (Å²) >= 11 is 12.4. The van der Waals surface area contributed by atoms with Gasteiger partial charge in [-0.15, -0.1) is 0 Å². The normalized spacial score (nSPS) is 10.8. The number of benzene rings is 1. The number of hydrogen-bond acceptors (Lipinski definition) is 2. The molecular formula is C13H14Cl2N2. The maximum Gasteiger partial charge on any atom is 0.0927 e. The molecule has 0 spiro atoms. The number of fused-ring (bicyclic) bond motifs is 1. The quantitative estimate of drug-likeness (QED) is 0.885. The van der Waals surface area contributed by atoms with Gasteiger partial charge in [-0.25, -0.2) is 0 Å². The van der Waals surface area contributed by atoms with Gasteiger partial charge in [0.2, 0.25) is 0 Å². The van der Waals surface area contributed by atoms with Crippen LogP contribution in [0.5, 0.6) is 0 Å². The van der Waals surface area contributed by atoms with Crippen LogP contribution in [0.1, 0.15) is 19.0 Å². The van der Waals surface area contributed by atoms with E-state index in [1.807, 2.05) is 13.1 Å². The van der Waals surface area contributed by atoms with E-state index in [0.717, 1.165) is 35.1 Å². The average Bonchev–Trinajstić information content (AvgIpc) is 2.33. The van der Waals surface area contributed by atoms with Gasteiger partial charge in [0, 0.05) is 23.8 Å². The van der Waals surface area contributed by atoms with Crippen LogP contribution < -0.4 is 5.32 Å². The van der Waals surface area contributed by atoms with E-state index < -0.39 is 0 Å². The van der Waals surface area contributed by atoms with Gasteiger partial charge in [0.05, 0.1) is 15.6 Å². The van der Waals surface area contributed by atoms with Crippen molar-refractivity contribution in [3.8, 4) is 0 Å². The Balaban J connectivity index is 2.77. The third-order valence-electron chi connectivity index (χ3n) is 2.69. The molecule has 0 bridgehead atoms. The third-order valence-corrected chi connectivity index (χ3v) is 3.31. The van der Waals surface area contributed by atoms with Gasteiger partial charge < -0.3 is 5.32 Å². The second-order valence-electron chi connectivity index (χ2n) is 3.91. The Morgan fingerprint density at radius 2 is 1.94 bits per heavy atom. The van der Waals surface area contributed by atoms with Crippen molar-refractivity contribution in [3.05, 3.63) is 33.9 Å². The molecule has 0 saturated heterocycles. The van der Waals surface area contributed by atoms with Crippen LogP contribution in [0.2, 0.25) is 10.0 Å². The first kappa shape index (κ1) is 12.5.